The van der Waals surface area contributed by atoms with Crippen molar-refractivity contribution < 1.29 is 36.3 Å². The van der Waals surface area contributed by atoms with Gasteiger partial charge in [0, 0.05) is 24.0 Å². The third kappa shape index (κ3) is 11.3. The zero-order valence-corrected chi connectivity index (χ0v) is 30.3. The molecule has 4 N–H and O–H groups in total. The molecule has 6 unspecified atom stereocenters. The Bertz CT molecular complexity index is 1810. The molecule has 1 heterocycles. The van der Waals surface area contributed by atoms with Crippen LogP contribution in [0.3, 0.4) is 0 Å². The van der Waals surface area contributed by atoms with Crippen molar-refractivity contribution in [2.75, 3.05) is 19.1 Å². The van der Waals surface area contributed by atoms with Crippen LogP contribution in [-0.4, -0.2) is 87.7 Å². The van der Waals surface area contributed by atoms with Crippen LogP contribution >= 0.6 is 0 Å². The van der Waals surface area contributed by atoms with E-state index in [4.69, 9.17) is 4.74 Å². The van der Waals surface area contributed by atoms with Crippen molar-refractivity contribution in [1.29, 1.82) is 0 Å². The molecule has 0 radical (unpaired) electrons. The number of pyridine rings is 1. The Morgan fingerprint density at radius 1 is 0.980 bits per heavy atom. The number of sulfone groups is 1. The Morgan fingerprint density at radius 3 is 2.31 bits per heavy atom. The number of nitrogens with zero attached hydrogens (tertiary/aromatic N) is 1. The number of aliphatic hydroxyl groups excluding tert-OH is 1. The fourth-order valence-electron chi connectivity index (χ4n) is 6.36. The normalized spacial score (nSPS) is 20.7. The van der Waals surface area contributed by atoms with Crippen LogP contribution < -0.4 is 15.4 Å². The molecule has 3 aromatic rings. The largest absolute Gasteiger partial charge is 0.391 e. The highest BCUT2D eigenvalue weighted by Gasteiger charge is 2.39. The summed E-state index contributed by atoms with van der Waals surface area (Å²) >= 11 is 0. The van der Waals surface area contributed by atoms with E-state index in [2.05, 4.69) is 20.3 Å². The van der Waals surface area contributed by atoms with Gasteiger partial charge in [-0.15, -0.1) is 0 Å². The number of methoxy groups -OCH3 is 1. The van der Waals surface area contributed by atoms with E-state index in [9.17, 15) is 31.5 Å². The maximum atomic E-state index is 13.8. The lowest BCUT2D eigenvalue weighted by Gasteiger charge is -2.38. The lowest BCUT2D eigenvalue weighted by molar-refractivity contribution is -0.132. The molecular formula is C35H48N4O8S2. The molecule has 1 aliphatic rings. The first kappa shape index (κ1) is 38.4. The number of aliphatic hydroxyl groups is 1. The summed E-state index contributed by atoms with van der Waals surface area (Å²) in [5.74, 6) is -2.62. The minimum Gasteiger partial charge on any atom is -0.391 e. The summed E-state index contributed by atoms with van der Waals surface area (Å²) in [6.45, 7) is 5.70. The minimum absolute atomic E-state index is 0.102. The fourth-order valence-corrected chi connectivity index (χ4v) is 8.53. The second-order valence-electron chi connectivity index (χ2n) is 14.0. The Balaban J connectivity index is 1.61. The number of sulfonamides is 1. The number of carbonyl (C=O) groups excluding carboxylic acids is 2. The molecule has 1 aromatic heterocycles. The zero-order valence-electron chi connectivity index (χ0n) is 28.6. The van der Waals surface area contributed by atoms with Gasteiger partial charge in [-0.2, -0.15) is 0 Å². The van der Waals surface area contributed by atoms with Crippen LogP contribution in [0.1, 0.15) is 52.0 Å². The molecule has 1 fully saturated rings. The second kappa shape index (κ2) is 16.1. The van der Waals surface area contributed by atoms with Crippen molar-refractivity contribution >= 4 is 42.6 Å². The Hall–Kier alpha value is -3.43. The maximum absolute atomic E-state index is 13.8. The summed E-state index contributed by atoms with van der Waals surface area (Å²) in [5.41, 5.74) is 0.763. The summed E-state index contributed by atoms with van der Waals surface area (Å²) < 4.78 is 59.6. The summed E-state index contributed by atoms with van der Waals surface area (Å²) in [6.07, 6.45) is 1.65. The maximum Gasteiger partial charge on any atom is 0.239 e. The van der Waals surface area contributed by atoms with Crippen LogP contribution in [0.5, 0.6) is 0 Å². The minimum atomic E-state index is -4.27. The SMILES string of the molecule is COC1CCC(C(=O)NC(C)(C)C)C(CC(O)C(Cc2ccccc2)NC(=O)C(CS(=O)(=O)c2ccc3ccccc3n2)NS(C)(=O)=O)C1. The van der Waals surface area contributed by atoms with Gasteiger partial charge in [0.15, 0.2) is 14.9 Å². The van der Waals surface area contributed by atoms with Crippen molar-refractivity contribution in [3.8, 4) is 0 Å². The van der Waals surface area contributed by atoms with Gasteiger partial charge in [0.25, 0.3) is 0 Å². The van der Waals surface area contributed by atoms with Crippen molar-refractivity contribution in [1.82, 2.24) is 20.3 Å². The molecule has 12 nitrogen and oxygen atoms in total. The highest BCUT2D eigenvalue weighted by atomic mass is 32.2. The zero-order chi connectivity index (χ0) is 36.0. The molecule has 0 spiro atoms. The summed E-state index contributed by atoms with van der Waals surface area (Å²) in [6, 6.07) is 16.3. The van der Waals surface area contributed by atoms with Crippen LogP contribution in [-0.2, 0) is 40.6 Å². The highest BCUT2D eigenvalue weighted by Crippen LogP contribution is 2.36. The average Bonchev–Trinajstić information content (AvgIpc) is 3.02. The van der Waals surface area contributed by atoms with Crippen molar-refractivity contribution in [2.24, 2.45) is 11.8 Å². The molecular weight excluding hydrogens is 669 g/mol. The Morgan fingerprint density at radius 2 is 1.65 bits per heavy atom. The molecule has 6 atom stereocenters. The molecule has 1 saturated carbocycles. The van der Waals surface area contributed by atoms with Crippen LogP contribution in [0.2, 0.25) is 0 Å². The van der Waals surface area contributed by atoms with Crippen molar-refractivity contribution in [3.63, 3.8) is 0 Å². The van der Waals surface area contributed by atoms with E-state index in [1.54, 1.807) is 37.4 Å². The molecule has 2 aromatic carbocycles. The van der Waals surface area contributed by atoms with E-state index in [1.807, 2.05) is 51.1 Å². The molecule has 49 heavy (non-hydrogen) atoms. The van der Waals surface area contributed by atoms with E-state index in [-0.39, 0.29) is 35.8 Å². The molecule has 2 amide bonds. The molecule has 0 aliphatic heterocycles. The van der Waals surface area contributed by atoms with Crippen molar-refractivity contribution in [3.05, 3.63) is 72.3 Å². The number of ether oxygens (including phenoxy) is 1. The number of carbonyl (C=O) groups is 2. The van der Waals surface area contributed by atoms with Gasteiger partial charge in [-0.3, -0.25) is 9.59 Å². The fraction of sp³-hybridized carbons (Fsp3) is 0.514. The van der Waals surface area contributed by atoms with Crippen molar-refractivity contribution in [2.45, 2.75) is 87.7 Å². The smallest absolute Gasteiger partial charge is 0.239 e. The molecule has 268 valence electrons. The Kier molecular flexibility index (Phi) is 12.6. The number of rotatable bonds is 14. The third-order valence-electron chi connectivity index (χ3n) is 8.69. The summed E-state index contributed by atoms with van der Waals surface area (Å²) in [4.78, 5) is 31.4. The van der Waals surface area contributed by atoms with Gasteiger partial charge < -0.3 is 20.5 Å². The number of benzene rings is 2. The van der Waals surface area contributed by atoms with Gasteiger partial charge in [-0.05, 0) is 82.6 Å². The highest BCUT2D eigenvalue weighted by molar-refractivity contribution is 7.91. The molecule has 0 saturated heterocycles. The summed E-state index contributed by atoms with van der Waals surface area (Å²) in [7, 11) is -6.71. The van der Waals surface area contributed by atoms with Gasteiger partial charge in [0.05, 0.1) is 35.8 Å². The van der Waals surface area contributed by atoms with Gasteiger partial charge in [0.1, 0.15) is 6.04 Å². The average molecular weight is 717 g/mol. The van der Waals surface area contributed by atoms with E-state index in [0.29, 0.717) is 24.8 Å². The monoisotopic (exact) mass is 716 g/mol. The van der Waals surface area contributed by atoms with E-state index in [0.717, 1.165) is 17.2 Å². The van der Waals surface area contributed by atoms with Gasteiger partial charge in [0.2, 0.25) is 21.8 Å². The molecule has 0 bridgehead atoms. The number of para-hydroxylation sites is 1. The molecule has 14 heteroatoms. The second-order valence-corrected chi connectivity index (χ2v) is 17.7. The number of hydrogen-bond donors (Lipinski definition) is 4. The number of fused-ring (bicyclic) bond motifs is 1. The lowest BCUT2D eigenvalue weighted by atomic mass is 9.73. The molecule has 1 aliphatic carbocycles. The quantitative estimate of drug-likeness (QED) is 0.195. The lowest BCUT2D eigenvalue weighted by Crippen LogP contribution is -2.55. The number of amides is 2. The Labute approximate surface area is 289 Å². The van der Waals surface area contributed by atoms with E-state index < -0.39 is 61.2 Å². The number of aromatic nitrogens is 1. The third-order valence-corrected chi connectivity index (χ3v) is 11.0. The molecule has 4 rings (SSSR count). The van der Waals surface area contributed by atoms with Crippen LogP contribution in [0.4, 0.5) is 0 Å². The number of hydrogen-bond acceptors (Lipinski definition) is 9. The first-order chi connectivity index (χ1) is 22.9. The first-order valence-corrected chi connectivity index (χ1v) is 19.9. The van der Waals surface area contributed by atoms with Gasteiger partial charge in [-0.25, -0.2) is 26.5 Å². The van der Waals surface area contributed by atoms with E-state index in [1.165, 1.54) is 6.07 Å². The first-order valence-electron chi connectivity index (χ1n) is 16.4. The standard InChI is InChI=1S/C35H48N4O8S2/c1-35(2,3)38-33(41)27-17-16-26(47-4)20-25(27)21-31(40)29(19-23-11-7-6-8-12-23)37-34(42)30(39-48(5,43)44)22-49(45,46)32-18-15-24-13-9-10-14-28(24)36-32/h6-15,18,25-27,29-31,39-40H,16-17,19-22H2,1-5H3,(H,37,42)(H,38,41). The topological polar surface area (TPSA) is 181 Å². The predicted molar refractivity (Wildman–Crippen MR) is 188 cm³/mol. The van der Waals surface area contributed by atoms with Gasteiger partial charge in [-0.1, -0.05) is 48.5 Å². The number of nitrogens with one attached hydrogen (secondary N) is 3. The van der Waals surface area contributed by atoms with Crippen LogP contribution in [0, 0.1) is 11.8 Å². The van der Waals surface area contributed by atoms with Crippen LogP contribution in [0.25, 0.3) is 10.9 Å². The van der Waals surface area contributed by atoms with Crippen LogP contribution in [0.15, 0.2) is 71.8 Å². The van der Waals surface area contributed by atoms with Gasteiger partial charge >= 0.3 is 0 Å². The predicted octanol–water partition coefficient (Wildman–Crippen LogP) is 2.75. The summed E-state index contributed by atoms with van der Waals surface area (Å²) in [5, 5.41) is 18.0. The van der Waals surface area contributed by atoms with E-state index >= 15 is 0 Å².